The van der Waals surface area contributed by atoms with Crippen LogP contribution in [0.3, 0.4) is 0 Å². The number of hydrogen-bond acceptors (Lipinski definition) is 3. The first-order valence-electron chi connectivity index (χ1n) is 10.0. The van der Waals surface area contributed by atoms with Crippen LogP contribution in [0.4, 0.5) is 0 Å². The lowest BCUT2D eigenvalue weighted by molar-refractivity contribution is 0.434. The maximum atomic E-state index is 11.1. The molecule has 0 aliphatic heterocycles. The summed E-state index contributed by atoms with van der Waals surface area (Å²) in [6.07, 6.45) is 4.21. The predicted octanol–water partition coefficient (Wildman–Crippen LogP) is 6.07. The van der Waals surface area contributed by atoms with E-state index in [0.717, 1.165) is 33.0 Å². The Bertz CT molecular complexity index is 1290. The maximum absolute atomic E-state index is 11.1. The van der Waals surface area contributed by atoms with Crippen LogP contribution in [0.2, 0.25) is 0 Å². The van der Waals surface area contributed by atoms with Gasteiger partial charge in [-0.1, -0.05) is 67.6 Å². The van der Waals surface area contributed by atoms with Gasteiger partial charge in [-0.2, -0.15) is 0 Å². The normalized spacial score (nSPS) is 17.0. The molecule has 3 nitrogen and oxygen atoms in total. The van der Waals surface area contributed by atoms with Crippen molar-refractivity contribution in [3.63, 3.8) is 0 Å². The molecule has 0 saturated carbocycles. The maximum Gasteiger partial charge on any atom is 0.120 e. The highest BCUT2D eigenvalue weighted by atomic mass is 16.3. The molecule has 0 saturated heterocycles. The summed E-state index contributed by atoms with van der Waals surface area (Å²) < 4.78 is 0. The van der Waals surface area contributed by atoms with E-state index in [1.54, 1.807) is 30.3 Å². The third kappa shape index (κ3) is 2.66. The van der Waals surface area contributed by atoms with E-state index in [1.165, 1.54) is 0 Å². The number of phenolic OH excluding ortho intramolecular Hbond substituents is 3. The highest BCUT2D eigenvalue weighted by molar-refractivity contribution is 5.91. The van der Waals surface area contributed by atoms with Gasteiger partial charge in [0, 0.05) is 16.9 Å². The molecule has 0 fully saturated rings. The second-order valence-electron chi connectivity index (χ2n) is 8.08. The van der Waals surface area contributed by atoms with Gasteiger partial charge in [0.25, 0.3) is 0 Å². The van der Waals surface area contributed by atoms with E-state index in [1.807, 2.05) is 36.4 Å². The number of allylic oxidation sites excluding steroid dienone is 1. The standard InChI is InChI=1S/C27H22O3/c1-27(19-5-3-2-4-6-19,24-13-9-17-7-11-20(28)15-22(17)24)26-23-16-21(29)12-8-18(23)10-14-25(26)30/h2-16,24,28-30H,1H3. The molecule has 2 unspecified atom stereocenters. The van der Waals surface area contributed by atoms with E-state index < -0.39 is 5.41 Å². The molecular formula is C27H22O3. The molecule has 0 spiro atoms. The summed E-state index contributed by atoms with van der Waals surface area (Å²) in [6.45, 7) is 2.12. The monoisotopic (exact) mass is 394 g/mol. The molecule has 0 aromatic heterocycles. The molecule has 4 aromatic carbocycles. The summed E-state index contributed by atoms with van der Waals surface area (Å²) in [6, 6.07) is 24.3. The SMILES string of the molecule is CC(c1ccccc1)(c1c(O)ccc2ccc(O)cc12)C1C=Cc2ccc(O)cc21. The zero-order valence-electron chi connectivity index (χ0n) is 16.6. The molecule has 2 atom stereocenters. The topological polar surface area (TPSA) is 60.7 Å². The lowest BCUT2D eigenvalue weighted by atomic mass is 9.64. The summed E-state index contributed by atoms with van der Waals surface area (Å²) >= 11 is 0. The zero-order valence-corrected chi connectivity index (χ0v) is 16.6. The Morgan fingerprint density at radius 2 is 1.47 bits per heavy atom. The highest BCUT2D eigenvalue weighted by Crippen LogP contribution is 2.53. The van der Waals surface area contributed by atoms with Crippen molar-refractivity contribution in [2.45, 2.75) is 18.3 Å². The van der Waals surface area contributed by atoms with Gasteiger partial charge in [0.2, 0.25) is 0 Å². The number of hydrogen-bond donors (Lipinski definition) is 3. The lowest BCUT2D eigenvalue weighted by Gasteiger charge is -2.38. The molecule has 0 heterocycles. The molecule has 148 valence electrons. The molecule has 0 radical (unpaired) electrons. The van der Waals surface area contributed by atoms with E-state index >= 15 is 0 Å². The largest absolute Gasteiger partial charge is 0.508 e. The van der Waals surface area contributed by atoms with Gasteiger partial charge in [0.15, 0.2) is 0 Å². The van der Waals surface area contributed by atoms with Gasteiger partial charge in [-0.25, -0.2) is 0 Å². The first-order valence-corrected chi connectivity index (χ1v) is 10.0. The Kier molecular flexibility index (Phi) is 4.07. The molecular weight excluding hydrogens is 372 g/mol. The Morgan fingerprint density at radius 3 is 2.27 bits per heavy atom. The van der Waals surface area contributed by atoms with Crippen LogP contribution < -0.4 is 0 Å². The zero-order chi connectivity index (χ0) is 20.9. The fourth-order valence-electron chi connectivity index (χ4n) is 4.90. The van der Waals surface area contributed by atoms with E-state index in [4.69, 9.17) is 0 Å². The Balaban J connectivity index is 1.87. The van der Waals surface area contributed by atoms with Crippen LogP contribution in [0.5, 0.6) is 17.2 Å². The molecule has 3 N–H and O–H groups in total. The summed E-state index contributed by atoms with van der Waals surface area (Å²) in [5.41, 5.74) is 3.23. The van der Waals surface area contributed by atoms with Crippen molar-refractivity contribution in [1.82, 2.24) is 0 Å². The first kappa shape index (κ1) is 18.3. The Labute approximate surface area is 175 Å². The van der Waals surface area contributed by atoms with Crippen molar-refractivity contribution >= 4 is 16.8 Å². The molecule has 30 heavy (non-hydrogen) atoms. The average Bonchev–Trinajstić information content (AvgIpc) is 3.17. The van der Waals surface area contributed by atoms with Crippen molar-refractivity contribution in [2.24, 2.45) is 0 Å². The lowest BCUT2D eigenvalue weighted by Crippen LogP contribution is -2.31. The molecule has 1 aliphatic carbocycles. The van der Waals surface area contributed by atoms with Crippen molar-refractivity contribution in [2.75, 3.05) is 0 Å². The fraction of sp³-hybridized carbons (Fsp3) is 0.111. The second kappa shape index (κ2) is 6.67. The summed E-state index contributed by atoms with van der Waals surface area (Å²) in [7, 11) is 0. The minimum atomic E-state index is -0.645. The molecule has 0 bridgehead atoms. The molecule has 0 amide bonds. The summed E-state index contributed by atoms with van der Waals surface area (Å²) in [4.78, 5) is 0. The third-order valence-electron chi connectivity index (χ3n) is 6.37. The van der Waals surface area contributed by atoms with Crippen LogP contribution in [-0.4, -0.2) is 15.3 Å². The molecule has 4 aromatic rings. The van der Waals surface area contributed by atoms with Crippen LogP contribution in [0.1, 0.15) is 35.1 Å². The van der Waals surface area contributed by atoms with E-state index in [2.05, 4.69) is 31.2 Å². The number of benzene rings is 4. The van der Waals surface area contributed by atoms with Crippen molar-refractivity contribution in [3.05, 3.63) is 107 Å². The second-order valence-corrected chi connectivity index (χ2v) is 8.08. The van der Waals surface area contributed by atoms with Crippen LogP contribution >= 0.6 is 0 Å². The van der Waals surface area contributed by atoms with Crippen molar-refractivity contribution in [3.8, 4) is 17.2 Å². The van der Waals surface area contributed by atoms with Gasteiger partial charge in [0.1, 0.15) is 17.2 Å². The van der Waals surface area contributed by atoms with Gasteiger partial charge in [-0.05, 0) is 57.8 Å². The van der Waals surface area contributed by atoms with Gasteiger partial charge in [-0.15, -0.1) is 0 Å². The summed E-state index contributed by atoms with van der Waals surface area (Å²) in [5.74, 6) is 0.449. The van der Waals surface area contributed by atoms with Gasteiger partial charge in [-0.3, -0.25) is 0 Å². The van der Waals surface area contributed by atoms with Crippen LogP contribution in [-0.2, 0) is 5.41 Å². The van der Waals surface area contributed by atoms with E-state index in [0.29, 0.717) is 0 Å². The van der Waals surface area contributed by atoms with Crippen LogP contribution in [0, 0.1) is 0 Å². The van der Waals surface area contributed by atoms with Gasteiger partial charge >= 0.3 is 0 Å². The summed E-state index contributed by atoms with van der Waals surface area (Å²) in [5, 5.41) is 33.2. The minimum absolute atomic E-state index is 0.110. The van der Waals surface area contributed by atoms with Gasteiger partial charge in [0.05, 0.1) is 0 Å². The number of rotatable bonds is 3. The third-order valence-corrected chi connectivity index (χ3v) is 6.37. The molecule has 3 heteroatoms. The van der Waals surface area contributed by atoms with E-state index in [9.17, 15) is 15.3 Å². The molecule has 5 rings (SSSR count). The average molecular weight is 394 g/mol. The van der Waals surface area contributed by atoms with Crippen molar-refractivity contribution in [1.29, 1.82) is 0 Å². The Hall–Kier alpha value is -3.72. The quantitative estimate of drug-likeness (QED) is 0.395. The minimum Gasteiger partial charge on any atom is -0.508 e. The Morgan fingerprint density at radius 1 is 0.767 bits per heavy atom. The number of aromatic hydroxyl groups is 3. The van der Waals surface area contributed by atoms with Crippen LogP contribution in [0.15, 0.2) is 84.9 Å². The predicted molar refractivity (Wildman–Crippen MR) is 120 cm³/mol. The fourth-order valence-corrected chi connectivity index (χ4v) is 4.90. The molecule has 1 aliphatic rings. The van der Waals surface area contributed by atoms with Gasteiger partial charge < -0.3 is 15.3 Å². The first-order chi connectivity index (χ1) is 14.5. The number of fused-ring (bicyclic) bond motifs is 2. The van der Waals surface area contributed by atoms with Crippen molar-refractivity contribution < 1.29 is 15.3 Å². The van der Waals surface area contributed by atoms with E-state index in [-0.39, 0.29) is 23.2 Å². The number of phenols is 3. The highest BCUT2D eigenvalue weighted by Gasteiger charge is 2.42. The smallest absolute Gasteiger partial charge is 0.120 e. The van der Waals surface area contributed by atoms with Crippen LogP contribution in [0.25, 0.3) is 16.8 Å².